The monoisotopic (exact) mass is 451 g/mol. The summed E-state index contributed by atoms with van der Waals surface area (Å²) in [6.45, 7) is 3.73. The molecule has 0 aliphatic heterocycles. The third-order valence-corrected chi connectivity index (χ3v) is 8.02. The molecule has 160 valence electrons. The first kappa shape index (κ1) is 22.1. The maximum atomic E-state index is 13.2. The maximum Gasteiger partial charge on any atom is 0.240 e. The summed E-state index contributed by atoms with van der Waals surface area (Å²) in [5, 5.41) is 0. The van der Waals surface area contributed by atoms with Crippen LogP contribution in [0.25, 0.3) is 0 Å². The third-order valence-electron chi connectivity index (χ3n) is 4.75. The SMILES string of the molecule is CCc1ccc(S(=O)(=O)c2ccc(F)cc2)cc1S(=O)(=O)NCC(C)n1ccnc1. The van der Waals surface area contributed by atoms with Crippen molar-refractivity contribution in [3.63, 3.8) is 0 Å². The van der Waals surface area contributed by atoms with Gasteiger partial charge in [-0.05, 0) is 55.3 Å². The molecular formula is C20H22FN3O4S2. The first-order valence-electron chi connectivity index (χ1n) is 9.26. The molecule has 3 rings (SSSR count). The minimum Gasteiger partial charge on any atom is -0.333 e. The van der Waals surface area contributed by atoms with E-state index in [9.17, 15) is 21.2 Å². The highest BCUT2D eigenvalue weighted by atomic mass is 32.2. The van der Waals surface area contributed by atoms with Crippen LogP contribution < -0.4 is 4.72 Å². The van der Waals surface area contributed by atoms with Crippen molar-refractivity contribution in [1.29, 1.82) is 0 Å². The molecule has 0 radical (unpaired) electrons. The number of nitrogens with one attached hydrogen (secondary N) is 1. The van der Waals surface area contributed by atoms with Crippen molar-refractivity contribution in [2.75, 3.05) is 6.54 Å². The van der Waals surface area contributed by atoms with E-state index in [2.05, 4.69) is 9.71 Å². The molecule has 0 saturated heterocycles. The van der Waals surface area contributed by atoms with Gasteiger partial charge in [0.05, 0.1) is 21.0 Å². The van der Waals surface area contributed by atoms with Gasteiger partial charge in [0.2, 0.25) is 19.9 Å². The minimum atomic E-state index is -4.00. The summed E-state index contributed by atoms with van der Waals surface area (Å²) in [5.74, 6) is -0.560. The number of hydrogen-bond acceptors (Lipinski definition) is 5. The predicted octanol–water partition coefficient (Wildman–Crippen LogP) is 2.96. The molecule has 0 amide bonds. The molecule has 10 heteroatoms. The lowest BCUT2D eigenvalue weighted by Crippen LogP contribution is -2.30. The van der Waals surface area contributed by atoms with Gasteiger partial charge in [-0.1, -0.05) is 13.0 Å². The summed E-state index contributed by atoms with van der Waals surface area (Å²) < 4.78 is 69.2. The minimum absolute atomic E-state index is 0.0917. The largest absolute Gasteiger partial charge is 0.333 e. The molecule has 0 aliphatic carbocycles. The molecule has 0 spiro atoms. The van der Waals surface area contributed by atoms with Crippen LogP contribution in [0.2, 0.25) is 0 Å². The molecule has 2 aromatic carbocycles. The van der Waals surface area contributed by atoms with Crippen LogP contribution in [0.1, 0.15) is 25.5 Å². The molecule has 0 saturated carbocycles. The number of halogens is 1. The van der Waals surface area contributed by atoms with Gasteiger partial charge in [-0.15, -0.1) is 0 Å². The Morgan fingerprint density at radius 2 is 1.73 bits per heavy atom. The van der Waals surface area contributed by atoms with Gasteiger partial charge in [-0.3, -0.25) is 0 Å². The molecule has 0 fully saturated rings. The van der Waals surface area contributed by atoms with Crippen molar-refractivity contribution in [2.45, 2.75) is 41.0 Å². The van der Waals surface area contributed by atoms with E-state index in [4.69, 9.17) is 0 Å². The molecule has 30 heavy (non-hydrogen) atoms. The number of rotatable bonds is 8. The van der Waals surface area contributed by atoms with Gasteiger partial charge in [0, 0.05) is 25.0 Å². The zero-order valence-corrected chi connectivity index (χ0v) is 18.1. The molecule has 1 heterocycles. The van der Waals surface area contributed by atoms with Crippen LogP contribution in [0.3, 0.4) is 0 Å². The highest BCUT2D eigenvalue weighted by molar-refractivity contribution is 7.91. The van der Waals surface area contributed by atoms with Crippen molar-refractivity contribution < 1.29 is 21.2 Å². The molecule has 1 aromatic heterocycles. The lowest BCUT2D eigenvalue weighted by atomic mass is 10.2. The summed E-state index contributed by atoms with van der Waals surface area (Å²) in [4.78, 5) is 3.57. The number of benzene rings is 2. The average molecular weight is 452 g/mol. The smallest absolute Gasteiger partial charge is 0.240 e. The summed E-state index contributed by atoms with van der Waals surface area (Å²) >= 11 is 0. The second-order valence-corrected chi connectivity index (χ2v) is 10.5. The Morgan fingerprint density at radius 3 is 2.33 bits per heavy atom. The highest BCUT2D eigenvalue weighted by Gasteiger charge is 2.24. The Balaban J connectivity index is 1.94. The molecule has 3 aromatic rings. The lowest BCUT2D eigenvalue weighted by Gasteiger charge is -2.16. The van der Waals surface area contributed by atoms with Gasteiger partial charge in [0.25, 0.3) is 0 Å². The molecule has 0 aliphatic rings. The molecule has 1 atom stereocenters. The fourth-order valence-corrected chi connectivity index (χ4v) is 5.75. The molecule has 7 nitrogen and oxygen atoms in total. The number of nitrogens with zero attached hydrogens (tertiary/aromatic N) is 2. The van der Waals surface area contributed by atoms with Crippen molar-refractivity contribution in [3.05, 3.63) is 72.6 Å². The standard InChI is InChI=1S/C20H22FN3O4S2/c1-3-16-4-7-19(29(25,26)18-8-5-17(21)6-9-18)12-20(16)30(27,28)23-13-15(2)24-11-10-22-14-24/h4-12,14-15,23H,3,13H2,1-2H3. The first-order chi connectivity index (χ1) is 14.1. The highest BCUT2D eigenvalue weighted by Crippen LogP contribution is 2.26. The van der Waals surface area contributed by atoms with Crippen LogP contribution in [-0.2, 0) is 26.3 Å². The van der Waals surface area contributed by atoms with Crippen LogP contribution >= 0.6 is 0 Å². The van der Waals surface area contributed by atoms with E-state index in [-0.39, 0.29) is 27.3 Å². The van der Waals surface area contributed by atoms with Crippen molar-refractivity contribution in [1.82, 2.24) is 14.3 Å². The normalized spacial score (nSPS) is 13.3. The van der Waals surface area contributed by atoms with Gasteiger partial charge in [0.15, 0.2) is 0 Å². The number of aromatic nitrogens is 2. The zero-order valence-electron chi connectivity index (χ0n) is 16.5. The van der Waals surface area contributed by atoms with E-state index in [1.165, 1.54) is 12.1 Å². The summed E-state index contributed by atoms with van der Waals surface area (Å²) in [6, 6.07) is 8.22. The van der Waals surface area contributed by atoms with E-state index < -0.39 is 25.7 Å². The Morgan fingerprint density at radius 1 is 1.07 bits per heavy atom. The zero-order chi connectivity index (χ0) is 21.9. The summed E-state index contributed by atoms with van der Waals surface area (Å²) in [5.41, 5.74) is 0.496. The number of aryl methyl sites for hydroxylation is 1. The Labute approximate surface area is 175 Å². The van der Waals surface area contributed by atoms with Crippen LogP contribution in [-0.4, -0.2) is 32.9 Å². The summed E-state index contributed by atoms with van der Waals surface area (Å²) in [6.07, 6.45) is 5.33. The molecule has 1 N–H and O–H groups in total. The van der Waals surface area contributed by atoms with E-state index >= 15 is 0 Å². The second kappa shape index (κ2) is 8.66. The van der Waals surface area contributed by atoms with Gasteiger partial charge in [-0.2, -0.15) is 0 Å². The van der Waals surface area contributed by atoms with Gasteiger partial charge >= 0.3 is 0 Å². The first-order valence-corrected chi connectivity index (χ1v) is 12.2. The maximum absolute atomic E-state index is 13.2. The fraction of sp³-hybridized carbons (Fsp3) is 0.250. The molecule has 0 bridgehead atoms. The fourth-order valence-electron chi connectivity index (χ4n) is 2.94. The van der Waals surface area contributed by atoms with Crippen LogP contribution in [0.15, 0.2) is 75.9 Å². The van der Waals surface area contributed by atoms with E-state index in [0.717, 1.165) is 30.3 Å². The number of hydrogen-bond donors (Lipinski definition) is 1. The van der Waals surface area contributed by atoms with Crippen molar-refractivity contribution >= 4 is 19.9 Å². The molecular weight excluding hydrogens is 429 g/mol. The topological polar surface area (TPSA) is 98.1 Å². The number of imidazole rings is 1. The van der Waals surface area contributed by atoms with Gasteiger partial charge < -0.3 is 4.57 Å². The Hall–Kier alpha value is -2.56. The van der Waals surface area contributed by atoms with E-state index in [1.54, 1.807) is 30.2 Å². The quantitative estimate of drug-likeness (QED) is 0.531. The van der Waals surface area contributed by atoms with Gasteiger partial charge in [-0.25, -0.2) is 30.9 Å². The molecule has 1 unspecified atom stereocenters. The van der Waals surface area contributed by atoms with Crippen molar-refractivity contribution in [2.24, 2.45) is 0 Å². The van der Waals surface area contributed by atoms with E-state index in [0.29, 0.717) is 12.0 Å². The average Bonchev–Trinajstić information content (AvgIpc) is 3.27. The van der Waals surface area contributed by atoms with Crippen molar-refractivity contribution in [3.8, 4) is 0 Å². The van der Waals surface area contributed by atoms with Crippen LogP contribution in [0.5, 0.6) is 0 Å². The number of sulfonamides is 1. The van der Waals surface area contributed by atoms with Gasteiger partial charge in [0.1, 0.15) is 5.82 Å². The Bertz CT molecular complexity index is 1220. The van der Waals surface area contributed by atoms with E-state index in [1.807, 2.05) is 6.92 Å². The van der Waals surface area contributed by atoms with Crippen LogP contribution in [0.4, 0.5) is 4.39 Å². The van der Waals surface area contributed by atoms with Crippen LogP contribution in [0, 0.1) is 5.82 Å². The summed E-state index contributed by atoms with van der Waals surface area (Å²) in [7, 11) is -7.97. The number of sulfone groups is 1. The third kappa shape index (κ3) is 4.61. The second-order valence-electron chi connectivity index (χ2n) is 6.79. The Kier molecular flexibility index (Phi) is 6.39. The lowest BCUT2D eigenvalue weighted by molar-refractivity contribution is 0.520. The predicted molar refractivity (Wildman–Crippen MR) is 110 cm³/mol.